The van der Waals surface area contributed by atoms with E-state index in [1.54, 1.807) is 0 Å². The predicted molar refractivity (Wildman–Crippen MR) is 100 cm³/mol. The maximum Gasteiger partial charge on any atom is 0.309 e. The van der Waals surface area contributed by atoms with Crippen molar-refractivity contribution in [1.82, 2.24) is 4.31 Å². The fourth-order valence-electron chi connectivity index (χ4n) is 3.85. The summed E-state index contributed by atoms with van der Waals surface area (Å²) in [4.78, 5) is 12.5. The zero-order valence-electron chi connectivity index (χ0n) is 15.5. The molecule has 0 radical (unpaired) electrons. The maximum atomic E-state index is 12.7. The number of ether oxygens (including phenoxy) is 1. The maximum absolute atomic E-state index is 12.7. The van der Waals surface area contributed by atoms with Crippen LogP contribution in [0.15, 0.2) is 29.2 Å². The Morgan fingerprint density at radius 1 is 1.07 bits per heavy atom. The van der Waals surface area contributed by atoms with E-state index in [0.29, 0.717) is 44.0 Å². The molecule has 1 aliphatic carbocycles. The Hall–Kier alpha value is -1.91. The molecular weight excluding hydrogens is 364 g/mol. The minimum Gasteiger partial charge on any atom is -0.465 e. The summed E-state index contributed by atoms with van der Waals surface area (Å²) in [5, 5.41) is 8.83. The monoisotopic (exact) mass is 390 g/mol. The highest BCUT2D eigenvalue weighted by atomic mass is 32.2. The van der Waals surface area contributed by atoms with Crippen LogP contribution in [-0.4, -0.2) is 38.4 Å². The molecule has 27 heavy (non-hydrogen) atoms. The summed E-state index contributed by atoms with van der Waals surface area (Å²) >= 11 is 0. The van der Waals surface area contributed by atoms with Crippen molar-refractivity contribution in [3.05, 3.63) is 29.8 Å². The average molecular weight is 391 g/mol. The molecule has 0 unspecified atom stereocenters. The van der Waals surface area contributed by atoms with E-state index in [1.807, 2.05) is 6.07 Å². The van der Waals surface area contributed by atoms with Crippen LogP contribution in [0.25, 0.3) is 0 Å². The molecule has 1 saturated heterocycles. The third-order valence-electron chi connectivity index (χ3n) is 5.59. The third kappa shape index (κ3) is 4.88. The van der Waals surface area contributed by atoms with Crippen LogP contribution in [0.1, 0.15) is 50.5 Å². The molecule has 0 N–H and O–H groups in total. The number of nitrogens with zero attached hydrogens (tertiary/aromatic N) is 2. The van der Waals surface area contributed by atoms with Crippen molar-refractivity contribution in [2.24, 2.45) is 11.8 Å². The Balaban J connectivity index is 1.51. The first-order chi connectivity index (χ1) is 13.0. The van der Waals surface area contributed by atoms with Crippen LogP contribution in [0.4, 0.5) is 0 Å². The molecule has 0 amide bonds. The fourth-order valence-corrected chi connectivity index (χ4v) is 5.32. The molecule has 1 saturated carbocycles. The van der Waals surface area contributed by atoms with Crippen LogP contribution >= 0.6 is 0 Å². The molecule has 146 valence electrons. The Morgan fingerprint density at radius 3 is 2.30 bits per heavy atom. The quantitative estimate of drug-likeness (QED) is 0.721. The number of carbonyl (C=O) groups excluding carboxylic acids is 1. The van der Waals surface area contributed by atoms with Gasteiger partial charge in [-0.25, -0.2) is 8.42 Å². The van der Waals surface area contributed by atoms with E-state index in [0.717, 1.165) is 12.8 Å². The standard InChI is InChI=1S/C20H26N2O4S/c21-14-16-6-8-19(9-7-16)27(24,25)22-12-10-18(11-13-22)20(23)26-15-17-4-2-1-3-5-17/h6-9,17-18H,1-5,10-13,15H2. The van der Waals surface area contributed by atoms with Crippen molar-refractivity contribution in [1.29, 1.82) is 5.26 Å². The van der Waals surface area contributed by atoms with E-state index in [4.69, 9.17) is 10.00 Å². The fraction of sp³-hybridized carbons (Fsp3) is 0.600. The molecule has 2 fully saturated rings. The van der Waals surface area contributed by atoms with Crippen LogP contribution in [0.5, 0.6) is 0 Å². The second-order valence-corrected chi connectivity index (χ2v) is 9.39. The van der Waals surface area contributed by atoms with Crippen LogP contribution in [0, 0.1) is 23.2 Å². The Bertz CT molecular complexity index is 784. The van der Waals surface area contributed by atoms with E-state index in [2.05, 4.69) is 0 Å². The van der Waals surface area contributed by atoms with Gasteiger partial charge in [-0.15, -0.1) is 0 Å². The lowest BCUT2D eigenvalue weighted by Gasteiger charge is -2.30. The molecule has 2 aliphatic rings. The highest BCUT2D eigenvalue weighted by Gasteiger charge is 2.33. The predicted octanol–water partition coefficient (Wildman–Crippen LogP) is 3.08. The van der Waals surface area contributed by atoms with Gasteiger partial charge in [0.05, 0.1) is 29.1 Å². The van der Waals surface area contributed by atoms with Crippen LogP contribution in [-0.2, 0) is 19.6 Å². The summed E-state index contributed by atoms with van der Waals surface area (Å²) < 4.78 is 32.4. The van der Waals surface area contributed by atoms with E-state index in [-0.39, 0.29) is 16.8 Å². The van der Waals surface area contributed by atoms with Gasteiger partial charge in [-0.3, -0.25) is 4.79 Å². The normalized spacial score (nSPS) is 20.1. The second kappa shape index (κ2) is 8.85. The summed E-state index contributed by atoms with van der Waals surface area (Å²) in [6, 6.07) is 7.90. The Kier molecular flexibility index (Phi) is 6.51. The molecule has 0 bridgehead atoms. The van der Waals surface area contributed by atoms with Gasteiger partial charge in [0, 0.05) is 13.1 Å². The minimum atomic E-state index is -3.59. The molecule has 7 heteroatoms. The van der Waals surface area contributed by atoms with Gasteiger partial charge in [-0.1, -0.05) is 19.3 Å². The van der Waals surface area contributed by atoms with Gasteiger partial charge in [-0.2, -0.15) is 9.57 Å². The summed E-state index contributed by atoms with van der Waals surface area (Å²) in [5.74, 6) is 0.0801. The summed E-state index contributed by atoms with van der Waals surface area (Å²) in [6.07, 6.45) is 6.94. The Labute approximate surface area is 161 Å². The van der Waals surface area contributed by atoms with Gasteiger partial charge in [0.25, 0.3) is 0 Å². The largest absolute Gasteiger partial charge is 0.465 e. The molecule has 1 heterocycles. The number of esters is 1. The van der Waals surface area contributed by atoms with Crippen LogP contribution < -0.4 is 0 Å². The molecule has 0 spiro atoms. The van der Waals surface area contributed by atoms with Gasteiger partial charge in [0.15, 0.2) is 0 Å². The molecule has 0 atom stereocenters. The van der Waals surface area contributed by atoms with Gasteiger partial charge in [0.2, 0.25) is 10.0 Å². The van der Waals surface area contributed by atoms with Crippen molar-refractivity contribution in [2.45, 2.75) is 49.8 Å². The van der Waals surface area contributed by atoms with E-state index < -0.39 is 10.0 Å². The molecule has 1 aromatic rings. The van der Waals surface area contributed by atoms with Crippen molar-refractivity contribution < 1.29 is 17.9 Å². The lowest BCUT2D eigenvalue weighted by Crippen LogP contribution is -2.40. The number of piperidine rings is 1. The SMILES string of the molecule is N#Cc1ccc(S(=O)(=O)N2CCC(C(=O)OCC3CCCCC3)CC2)cc1. The molecule has 1 aliphatic heterocycles. The van der Waals surface area contributed by atoms with Crippen LogP contribution in [0.3, 0.4) is 0 Å². The smallest absolute Gasteiger partial charge is 0.309 e. The molecule has 6 nitrogen and oxygen atoms in total. The molecule has 0 aromatic heterocycles. The lowest BCUT2D eigenvalue weighted by atomic mass is 9.90. The number of sulfonamides is 1. The Morgan fingerprint density at radius 2 is 1.70 bits per heavy atom. The van der Waals surface area contributed by atoms with Gasteiger partial charge < -0.3 is 4.74 Å². The zero-order valence-corrected chi connectivity index (χ0v) is 16.3. The molecule has 3 rings (SSSR count). The molecular formula is C20H26N2O4S. The highest BCUT2D eigenvalue weighted by molar-refractivity contribution is 7.89. The number of benzene rings is 1. The molecule has 1 aromatic carbocycles. The van der Waals surface area contributed by atoms with E-state index in [9.17, 15) is 13.2 Å². The first-order valence-electron chi connectivity index (χ1n) is 9.67. The highest BCUT2D eigenvalue weighted by Crippen LogP contribution is 2.27. The minimum absolute atomic E-state index is 0.180. The van der Waals surface area contributed by atoms with Crippen molar-refractivity contribution in [3.63, 3.8) is 0 Å². The zero-order chi connectivity index (χ0) is 19.3. The third-order valence-corrected chi connectivity index (χ3v) is 7.51. The number of hydrogen-bond acceptors (Lipinski definition) is 5. The number of nitriles is 1. The lowest BCUT2D eigenvalue weighted by molar-refractivity contribution is -0.151. The topological polar surface area (TPSA) is 87.5 Å². The summed E-state index contributed by atoms with van der Waals surface area (Å²) in [6.45, 7) is 1.12. The second-order valence-electron chi connectivity index (χ2n) is 7.45. The van der Waals surface area contributed by atoms with Gasteiger partial charge >= 0.3 is 5.97 Å². The first-order valence-corrected chi connectivity index (χ1v) is 11.1. The number of carbonyl (C=O) groups is 1. The first kappa shape index (κ1) is 19.8. The number of rotatable bonds is 5. The van der Waals surface area contributed by atoms with E-state index >= 15 is 0 Å². The van der Waals surface area contributed by atoms with Crippen LogP contribution in [0.2, 0.25) is 0 Å². The summed E-state index contributed by atoms with van der Waals surface area (Å²) in [7, 11) is -3.59. The van der Waals surface area contributed by atoms with E-state index in [1.165, 1.54) is 47.8 Å². The van der Waals surface area contributed by atoms with Gasteiger partial charge in [-0.05, 0) is 55.9 Å². The van der Waals surface area contributed by atoms with Crippen molar-refractivity contribution >= 4 is 16.0 Å². The summed E-state index contributed by atoms with van der Waals surface area (Å²) in [5.41, 5.74) is 0.424. The van der Waals surface area contributed by atoms with Crippen molar-refractivity contribution in [3.8, 4) is 6.07 Å². The number of hydrogen-bond donors (Lipinski definition) is 0. The van der Waals surface area contributed by atoms with Gasteiger partial charge in [0.1, 0.15) is 0 Å². The average Bonchev–Trinajstić information content (AvgIpc) is 2.73. The van der Waals surface area contributed by atoms with Crippen molar-refractivity contribution in [2.75, 3.05) is 19.7 Å².